The highest BCUT2D eigenvalue weighted by Gasteiger charge is 2.22. The van der Waals surface area contributed by atoms with Crippen molar-refractivity contribution in [2.45, 2.75) is 25.7 Å². The Bertz CT molecular complexity index is 1000. The third kappa shape index (κ3) is 3.05. The van der Waals surface area contributed by atoms with E-state index in [1.807, 2.05) is 23.5 Å². The number of benzene rings is 1. The highest BCUT2D eigenvalue weighted by Crippen LogP contribution is 2.44. The third-order valence-corrected chi connectivity index (χ3v) is 6.53. The first-order chi connectivity index (χ1) is 13.6. The van der Waals surface area contributed by atoms with Crippen molar-refractivity contribution in [3.63, 3.8) is 0 Å². The second-order valence-electron chi connectivity index (χ2n) is 7.23. The van der Waals surface area contributed by atoms with E-state index in [0.717, 1.165) is 22.5 Å². The summed E-state index contributed by atoms with van der Waals surface area (Å²) in [6, 6.07) is 6.09. The number of thiophene rings is 1. The first kappa shape index (κ1) is 18.9. The van der Waals surface area contributed by atoms with Gasteiger partial charge in [0.05, 0.1) is 27.0 Å². The molecule has 0 saturated carbocycles. The summed E-state index contributed by atoms with van der Waals surface area (Å²) in [6.07, 6.45) is 4.86. The molecule has 4 rings (SSSR count). The van der Waals surface area contributed by atoms with E-state index < -0.39 is 0 Å². The zero-order valence-electron chi connectivity index (χ0n) is 17.1. The van der Waals surface area contributed by atoms with Crippen LogP contribution in [0.5, 0.6) is 17.2 Å². The van der Waals surface area contributed by atoms with Gasteiger partial charge in [-0.1, -0.05) is 0 Å². The highest BCUT2D eigenvalue weighted by atomic mass is 32.1. The standard InChI is InChI=1S/C22H26N2O3S/c1-24(2)16-12-15(13-10-17(25-3)21(27-5)18(11-13)26-4)23-22-20(16)14-8-6-7-9-19(14)28-22/h10-12H,6-9H2,1-5H3. The monoisotopic (exact) mass is 398 g/mol. The van der Waals surface area contributed by atoms with Gasteiger partial charge in [-0.3, -0.25) is 0 Å². The van der Waals surface area contributed by atoms with E-state index in [9.17, 15) is 0 Å². The largest absolute Gasteiger partial charge is 0.493 e. The van der Waals surface area contributed by atoms with Gasteiger partial charge in [0.25, 0.3) is 0 Å². The quantitative estimate of drug-likeness (QED) is 0.609. The van der Waals surface area contributed by atoms with Crippen molar-refractivity contribution in [3.8, 4) is 28.5 Å². The van der Waals surface area contributed by atoms with Crippen molar-refractivity contribution in [1.82, 2.24) is 4.98 Å². The molecule has 0 spiro atoms. The summed E-state index contributed by atoms with van der Waals surface area (Å²) >= 11 is 1.84. The summed E-state index contributed by atoms with van der Waals surface area (Å²) in [4.78, 5) is 9.84. The van der Waals surface area contributed by atoms with Gasteiger partial charge >= 0.3 is 0 Å². The summed E-state index contributed by atoms with van der Waals surface area (Å²) in [5.74, 6) is 1.86. The molecule has 0 aliphatic heterocycles. The maximum Gasteiger partial charge on any atom is 0.203 e. The topological polar surface area (TPSA) is 43.8 Å². The van der Waals surface area contributed by atoms with Crippen LogP contribution in [-0.2, 0) is 12.8 Å². The fourth-order valence-corrected chi connectivity index (χ4v) is 5.25. The van der Waals surface area contributed by atoms with Crippen molar-refractivity contribution in [1.29, 1.82) is 0 Å². The number of hydrogen-bond donors (Lipinski definition) is 0. The smallest absolute Gasteiger partial charge is 0.203 e. The molecule has 2 heterocycles. The van der Waals surface area contributed by atoms with Crippen LogP contribution >= 0.6 is 11.3 Å². The number of hydrogen-bond acceptors (Lipinski definition) is 6. The first-order valence-corrected chi connectivity index (χ1v) is 10.3. The molecule has 6 heteroatoms. The van der Waals surface area contributed by atoms with E-state index in [2.05, 4.69) is 25.1 Å². The molecule has 1 aromatic carbocycles. The van der Waals surface area contributed by atoms with Crippen LogP contribution in [0.25, 0.3) is 21.5 Å². The van der Waals surface area contributed by atoms with Crippen LogP contribution in [0.2, 0.25) is 0 Å². The lowest BCUT2D eigenvalue weighted by Gasteiger charge is -2.19. The van der Waals surface area contributed by atoms with Gasteiger partial charge in [-0.05, 0) is 49.4 Å². The van der Waals surface area contributed by atoms with E-state index in [1.165, 1.54) is 40.8 Å². The summed E-state index contributed by atoms with van der Waals surface area (Å²) in [5, 5.41) is 1.32. The highest BCUT2D eigenvalue weighted by molar-refractivity contribution is 7.19. The van der Waals surface area contributed by atoms with Gasteiger partial charge in [-0.25, -0.2) is 4.98 Å². The summed E-state index contributed by atoms with van der Waals surface area (Å²) < 4.78 is 16.5. The molecule has 148 valence electrons. The molecule has 0 atom stereocenters. The molecular weight excluding hydrogens is 372 g/mol. The van der Waals surface area contributed by atoms with Crippen LogP contribution in [-0.4, -0.2) is 40.4 Å². The molecule has 0 unspecified atom stereocenters. The van der Waals surface area contributed by atoms with Gasteiger partial charge < -0.3 is 19.1 Å². The number of anilines is 1. The molecule has 1 aliphatic rings. The minimum Gasteiger partial charge on any atom is -0.493 e. The third-order valence-electron chi connectivity index (χ3n) is 5.35. The van der Waals surface area contributed by atoms with Crippen LogP contribution < -0.4 is 19.1 Å². The maximum absolute atomic E-state index is 5.53. The molecule has 0 bridgehead atoms. The summed E-state index contributed by atoms with van der Waals surface area (Å²) in [7, 11) is 9.08. The summed E-state index contributed by atoms with van der Waals surface area (Å²) in [6.45, 7) is 0. The van der Waals surface area contributed by atoms with Crippen molar-refractivity contribution in [2.75, 3.05) is 40.3 Å². The Balaban J connectivity index is 1.95. The Labute approximate surface area is 169 Å². The average Bonchev–Trinajstić information content (AvgIpc) is 3.10. The van der Waals surface area contributed by atoms with Gasteiger partial charge in [0, 0.05) is 35.6 Å². The van der Waals surface area contributed by atoms with Crippen LogP contribution in [0.1, 0.15) is 23.3 Å². The van der Waals surface area contributed by atoms with E-state index in [0.29, 0.717) is 17.2 Å². The second-order valence-corrected chi connectivity index (χ2v) is 8.31. The Morgan fingerprint density at radius 3 is 2.21 bits per heavy atom. The lowest BCUT2D eigenvalue weighted by molar-refractivity contribution is 0.324. The second kappa shape index (κ2) is 7.51. The molecule has 5 nitrogen and oxygen atoms in total. The van der Waals surface area contributed by atoms with Gasteiger partial charge in [0.2, 0.25) is 5.75 Å². The van der Waals surface area contributed by atoms with E-state index in [-0.39, 0.29) is 0 Å². The normalized spacial score (nSPS) is 13.3. The zero-order chi connectivity index (χ0) is 19.8. The van der Waals surface area contributed by atoms with Gasteiger partial charge in [0.15, 0.2) is 11.5 Å². The zero-order valence-corrected chi connectivity index (χ0v) is 17.9. The molecule has 28 heavy (non-hydrogen) atoms. The van der Waals surface area contributed by atoms with Gasteiger partial charge in [-0.15, -0.1) is 11.3 Å². The SMILES string of the molecule is COc1cc(-c2cc(N(C)C)c3c4c(sc3n2)CCCC4)cc(OC)c1OC. The molecule has 0 N–H and O–H groups in total. The fraction of sp³-hybridized carbons (Fsp3) is 0.409. The predicted molar refractivity (Wildman–Crippen MR) is 116 cm³/mol. The number of rotatable bonds is 5. The number of ether oxygens (including phenoxy) is 3. The predicted octanol–water partition coefficient (Wildman–Crippen LogP) is 4.93. The van der Waals surface area contributed by atoms with Crippen molar-refractivity contribution in [3.05, 3.63) is 28.6 Å². The van der Waals surface area contributed by atoms with Gasteiger partial charge in [-0.2, -0.15) is 0 Å². The Morgan fingerprint density at radius 2 is 1.61 bits per heavy atom. The minimum absolute atomic E-state index is 0.592. The molecule has 0 radical (unpaired) electrons. The van der Waals surface area contributed by atoms with Gasteiger partial charge in [0.1, 0.15) is 4.83 Å². The van der Waals surface area contributed by atoms with Crippen LogP contribution in [0, 0.1) is 0 Å². The minimum atomic E-state index is 0.592. The molecular formula is C22H26N2O3S. The van der Waals surface area contributed by atoms with Crippen molar-refractivity contribution in [2.24, 2.45) is 0 Å². The Hall–Kier alpha value is -2.47. The van der Waals surface area contributed by atoms with Crippen LogP contribution in [0.15, 0.2) is 18.2 Å². The van der Waals surface area contributed by atoms with Crippen molar-refractivity contribution < 1.29 is 14.2 Å². The lowest BCUT2D eigenvalue weighted by Crippen LogP contribution is -2.10. The molecule has 0 amide bonds. The van der Waals surface area contributed by atoms with Crippen molar-refractivity contribution >= 4 is 27.2 Å². The van der Waals surface area contributed by atoms with E-state index in [1.54, 1.807) is 21.3 Å². The molecule has 1 aliphatic carbocycles. The molecule has 2 aromatic heterocycles. The maximum atomic E-state index is 5.53. The number of fused-ring (bicyclic) bond motifs is 3. The lowest BCUT2D eigenvalue weighted by atomic mass is 9.95. The molecule has 0 fully saturated rings. The Kier molecular flexibility index (Phi) is 5.06. The Morgan fingerprint density at radius 1 is 0.929 bits per heavy atom. The number of nitrogens with zero attached hydrogens (tertiary/aromatic N) is 2. The molecule has 3 aromatic rings. The first-order valence-electron chi connectivity index (χ1n) is 9.50. The van der Waals surface area contributed by atoms with E-state index >= 15 is 0 Å². The number of aryl methyl sites for hydroxylation is 2. The van der Waals surface area contributed by atoms with Crippen LogP contribution in [0.4, 0.5) is 5.69 Å². The number of pyridine rings is 1. The molecule has 0 saturated heterocycles. The number of aromatic nitrogens is 1. The van der Waals surface area contributed by atoms with Crippen LogP contribution in [0.3, 0.4) is 0 Å². The average molecular weight is 399 g/mol. The van der Waals surface area contributed by atoms with E-state index in [4.69, 9.17) is 19.2 Å². The summed E-state index contributed by atoms with van der Waals surface area (Å²) in [5.41, 5.74) is 4.58. The number of methoxy groups -OCH3 is 3. The fourth-order valence-electron chi connectivity index (χ4n) is 3.97.